The van der Waals surface area contributed by atoms with E-state index in [1.165, 1.54) is 0 Å². The Labute approximate surface area is 62.0 Å². The summed E-state index contributed by atoms with van der Waals surface area (Å²) in [6.45, 7) is 0. The molecule has 0 unspecified atom stereocenters. The predicted octanol–water partition coefficient (Wildman–Crippen LogP) is -0.210. The van der Waals surface area contributed by atoms with E-state index in [0.29, 0.717) is 11.2 Å². The van der Waals surface area contributed by atoms with Crippen molar-refractivity contribution in [3.63, 3.8) is 0 Å². The first-order valence-electron chi connectivity index (χ1n) is 3.12. The zero-order valence-electron chi connectivity index (χ0n) is 5.87. The zero-order valence-corrected chi connectivity index (χ0v) is 5.87. The van der Waals surface area contributed by atoms with Gasteiger partial charge in [-0.2, -0.15) is 5.10 Å². The van der Waals surface area contributed by atoms with Crippen LogP contribution < -0.4 is 5.32 Å². The highest BCUT2D eigenvalue weighted by atomic mass is 15.4. The maximum absolute atomic E-state index is 3.82. The smallest absolute Gasteiger partial charge is 0.200 e. The third-order valence-corrected chi connectivity index (χ3v) is 1.40. The minimum atomic E-state index is 0.594. The van der Waals surface area contributed by atoms with Crippen molar-refractivity contribution in [1.29, 1.82) is 0 Å². The van der Waals surface area contributed by atoms with Gasteiger partial charge in [0.15, 0.2) is 11.2 Å². The van der Waals surface area contributed by atoms with Crippen molar-refractivity contribution in [2.24, 2.45) is 0 Å². The van der Waals surface area contributed by atoms with Crippen LogP contribution in [0, 0.1) is 0 Å². The van der Waals surface area contributed by atoms with Gasteiger partial charge in [0.25, 0.3) is 0 Å². The number of hydrogen-bond donors (Lipinski definition) is 2. The number of fused-ring (bicyclic) bond motifs is 1. The Morgan fingerprint density at radius 2 is 2.36 bits per heavy atom. The molecule has 6 nitrogen and oxygen atoms in total. The number of nitrogens with zero attached hydrogens (tertiary/aromatic N) is 4. The van der Waals surface area contributed by atoms with Crippen LogP contribution >= 0.6 is 0 Å². The van der Waals surface area contributed by atoms with E-state index >= 15 is 0 Å². The molecule has 2 N–H and O–H groups in total. The van der Waals surface area contributed by atoms with Crippen molar-refractivity contribution in [3.05, 3.63) is 6.20 Å². The van der Waals surface area contributed by atoms with Crippen molar-refractivity contribution in [2.75, 3.05) is 12.4 Å². The summed E-state index contributed by atoms with van der Waals surface area (Å²) in [5, 5.41) is 20.5. The first-order valence-corrected chi connectivity index (χ1v) is 3.12. The number of aromatic nitrogens is 5. The fraction of sp³-hybridized carbons (Fsp3) is 0.200. The van der Waals surface area contributed by atoms with E-state index in [-0.39, 0.29) is 0 Å². The third kappa shape index (κ3) is 0.794. The number of aromatic amines is 1. The van der Waals surface area contributed by atoms with E-state index in [0.717, 1.165) is 5.69 Å². The van der Waals surface area contributed by atoms with Gasteiger partial charge >= 0.3 is 0 Å². The third-order valence-electron chi connectivity index (χ3n) is 1.40. The molecule has 0 radical (unpaired) electrons. The van der Waals surface area contributed by atoms with Crippen molar-refractivity contribution >= 4 is 16.9 Å². The largest absolute Gasteiger partial charge is 0.385 e. The normalized spacial score (nSPS) is 10.3. The second-order valence-corrected chi connectivity index (χ2v) is 2.02. The van der Waals surface area contributed by atoms with Gasteiger partial charge in [0, 0.05) is 7.05 Å². The molecule has 11 heavy (non-hydrogen) atoms. The van der Waals surface area contributed by atoms with E-state index in [2.05, 4.69) is 30.9 Å². The van der Waals surface area contributed by atoms with E-state index in [1.54, 1.807) is 13.2 Å². The minimum Gasteiger partial charge on any atom is -0.385 e. The summed E-state index contributed by atoms with van der Waals surface area (Å²) in [4.78, 5) is 0. The summed E-state index contributed by atoms with van der Waals surface area (Å²) in [5.41, 5.74) is 2.13. The number of rotatable bonds is 1. The van der Waals surface area contributed by atoms with Gasteiger partial charge in [-0.25, -0.2) is 5.10 Å². The van der Waals surface area contributed by atoms with Crippen molar-refractivity contribution < 1.29 is 0 Å². The molecule has 0 aliphatic carbocycles. The summed E-state index contributed by atoms with van der Waals surface area (Å²) < 4.78 is 0. The Bertz CT molecular complexity index is 366. The molecule has 0 aliphatic rings. The minimum absolute atomic E-state index is 0.594. The van der Waals surface area contributed by atoms with E-state index in [1.807, 2.05) is 0 Å². The molecule has 2 aromatic heterocycles. The first kappa shape index (κ1) is 6.02. The standard InChI is InChI=1S/C5H6N6/c1-6-3-2-7-9-5-4(3)8-11-10-5/h2H,1H3,(H2,6,8,9,10,11). The highest BCUT2D eigenvalue weighted by molar-refractivity contribution is 5.82. The van der Waals surface area contributed by atoms with Gasteiger partial charge < -0.3 is 5.32 Å². The maximum atomic E-state index is 3.82. The number of nitrogens with one attached hydrogen (secondary N) is 2. The molecule has 0 spiro atoms. The lowest BCUT2D eigenvalue weighted by atomic mass is 10.4. The lowest BCUT2D eigenvalue weighted by molar-refractivity contribution is 0.946. The van der Waals surface area contributed by atoms with Gasteiger partial charge in [0.1, 0.15) is 0 Å². The summed E-state index contributed by atoms with van der Waals surface area (Å²) >= 11 is 0. The Kier molecular flexibility index (Phi) is 1.18. The molecule has 2 rings (SSSR count). The van der Waals surface area contributed by atoms with E-state index < -0.39 is 0 Å². The molecule has 0 saturated heterocycles. The summed E-state index contributed by atoms with van der Waals surface area (Å²) in [6.07, 6.45) is 1.60. The molecule has 0 atom stereocenters. The molecule has 0 saturated carbocycles. The molecule has 2 aromatic rings. The van der Waals surface area contributed by atoms with Gasteiger partial charge in [-0.3, -0.25) is 0 Å². The van der Waals surface area contributed by atoms with Crippen molar-refractivity contribution in [1.82, 2.24) is 25.6 Å². The number of anilines is 1. The van der Waals surface area contributed by atoms with Crippen LogP contribution in [-0.4, -0.2) is 32.7 Å². The maximum Gasteiger partial charge on any atom is 0.200 e. The quantitative estimate of drug-likeness (QED) is 0.588. The molecular weight excluding hydrogens is 144 g/mol. The van der Waals surface area contributed by atoms with Crippen LogP contribution in [0.1, 0.15) is 0 Å². The van der Waals surface area contributed by atoms with Crippen LogP contribution in [-0.2, 0) is 0 Å². The van der Waals surface area contributed by atoms with Crippen LogP contribution in [0.3, 0.4) is 0 Å². The predicted molar refractivity (Wildman–Crippen MR) is 39.0 cm³/mol. The fourth-order valence-electron chi connectivity index (χ4n) is 0.862. The van der Waals surface area contributed by atoms with Gasteiger partial charge in [0.2, 0.25) is 0 Å². The Hall–Kier alpha value is -1.72. The average molecular weight is 150 g/mol. The molecule has 0 bridgehead atoms. The Morgan fingerprint density at radius 1 is 1.45 bits per heavy atom. The van der Waals surface area contributed by atoms with Gasteiger partial charge in [-0.05, 0) is 0 Å². The zero-order chi connectivity index (χ0) is 7.68. The monoisotopic (exact) mass is 150 g/mol. The van der Waals surface area contributed by atoms with Crippen molar-refractivity contribution in [3.8, 4) is 0 Å². The highest BCUT2D eigenvalue weighted by Crippen LogP contribution is 2.13. The molecule has 6 heteroatoms. The van der Waals surface area contributed by atoms with Crippen LogP contribution in [0.15, 0.2) is 6.20 Å². The summed E-state index contributed by atoms with van der Waals surface area (Å²) in [7, 11) is 1.80. The molecular formula is C5H6N6. The van der Waals surface area contributed by atoms with Crippen LogP contribution in [0.4, 0.5) is 5.69 Å². The lowest BCUT2D eigenvalue weighted by Crippen LogP contribution is -1.92. The van der Waals surface area contributed by atoms with Crippen LogP contribution in [0.2, 0.25) is 0 Å². The highest BCUT2D eigenvalue weighted by Gasteiger charge is 2.02. The SMILES string of the molecule is CNc1cnnc2[nH]nnc12. The lowest BCUT2D eigenvalue weighted by Gasteiger charge is -1.95. The first-order chi connectivity index (χ1) is 5.42. The molecule has 0 aliphatic heterocycles. The number of H-pyrrole nitrogens is 1. The molecule has 0 fully saturated rings. The summed E-state index contributed by atoms with van der Waals surface area (Å²) in [6, 6.07) is 0. The Balaban J connectivity index is 2.79. The van der Waals surface area contributed by atoms with Gasteiger partial charge in [-0.15, -0.1) is 10.2 Å². The molecule has 56 valence electrons. The fourth-order valence-corrected chi connectivity index (χ4v) is 0.862. The summed E-state index contributed by atoms with van der Waals surface area (Å²) in [5.74, 6) is 0. The van der Waals surface area contributed by atoms with Crippen LogP contribution in [0.25, 0.3) is 11.2 Å². The molecule has 2 heterocycles. The topological polar surface area (TPSA) is 79.4 Å². The molecule has 0 amide bonds. The molecule has 0 aromatic carbocycles. The second-order valence-electron chi connectivity index (χ2n) is 2.02. The average Bonchev–Trinajstić information content (AvgIpc) is 2.50. The van der Waals surface area contributed by atoms with E-state index in [4.69, 9.17) is 0 Å². The Morgan fingerprint density at radius 3 is 3.18 bits per heavy atom. The van der Waals surface area contributed by atoms with E-state index in [9.17, 15) is 0 Å². The van der Waals surface area contributed by atoms with Gasteiger partial charge in [0.05, 0.1) is 11.9 Å². The van der Waals surface area contributed by atoms with Crippen LogP contribution in [0.5, 0.6) is 0 Å². The number of hydrogen-bond acceptors (Lipinski definition) is 5. The second kappa shape index (κ2) is 2.15. The van der Waals surface area contributed by atoms with Gasteiger partial charge in [-0.1, -0.05) is 5.21 Å². The van der Waals surface area contributed by atoms with Crippen molar-refractivity contribution in [2.45, 2.75) is 0 Å².